The minimum absolute atomic E-state index is 0.0384. The Morgan fingerprint density at radius 2 is 2.15 bits per heavy atom. The maximum Gasteiger partial charge on any atom is 0.272 e. The van der Waals surface area contributed by atoms with Crippen molar-refractivity contribution in [3.63, 3.8) is 0 Å². The quantitative estimate of drug-likeness (QED) is 0.884. The summed E-state index contributed by atoms with van der Waals surface area (Å²) in [6.07, 6.45) is 5.22. The van der Waals surface area contributed by atoms with E-state index in [9.17, 15) is 4.79 Å². The molecule has 3 nitrogen and oxygen atoms in total. The van der Waals surface area contributed by atoms with Crippen molar-refractivity contribution in [3.8, 4) is 0 Å². The van der Waals surface area contributed by atoms with Gasteiger partial charge in [-0.15, -0.1) is 0 Å². The van der Waals surface area contributed by atoms with Crippen LogP contribution in [0.25, 0.3) is 0 Å². The smallest absolute Gasteiger partial charge is 0.272 e. The van der Waals surface area contributed by atoms with Gasteiger partial charge < -0.3 is 9.88 Å². The molecule has 0 aliphatic heterocycles. The molecule has 3 rings (SSSR count). The molecule has 0 atom stereocenters. The van der Waals surface area contributed by atoms with Crippen LogP contribution in [0.2, 0.25) is 0 Å². The molecule has 1 aromatic carbocycles. The van der Waals surface area contributed by atoms with E-state index in [4.69, 9.17) is 0 Å². The third kappa shape index (κ3) is 2.66. The second-order valence-corrected chi connectivity index (χ2v) is 6.06. The molecular weight excluding hydrogens is 316 g/mol. The molecule has 1 saturated carbocycles. The van der Waals surface area contributed by atoms with Crippen LogP contribution >= 0.6 is 15.9 Å². The summed E-state index contributed by atoms with van der Waals surface area (Å²) in [6, 6.07) is 10.3. The fraction of sp³-hybridized carbons (Fsp3) is 0.312. The fourth-order valence-electron chi connectivity index (χ4n) is 2.42. The van der Waals surface area contributed by atoms with Crippen LogP contribution in [-0.4, -0.2) is 10.5 Å². The van der Waals surface area contributed by atoms with Crippen molar-refractivity contribution < 1.29 is 4.79 Å². The summed E-state index contributed by atoms with van der Waals surface area (Å²) in [5.41, 5.74) is 2.79. The third-order valence-corrected chi connectivity index (χ3v) is 4.07. The largest absolute Gasteiger partial charge is 0.339 e. The Morgan fingerprint density at radius 3 is 2.85 bits per heavy atom. The van der Waals surface area contributed by atoms with E-state index in [1.165, 1.54) is 0 Å². The molecular formula is C16H17BrN2O. The second kappa shape index (κ2) is 5.44. The summed E-state index contributed by atoms with van der Waals surface area (Å²) in [6.45, 7) is 2.09. The van der Waals surface area contributed by atoms with Crippen molar-refractivity contribution in [1.29, 1.82) is 0 Å². The monoisotopic (exact) mass is 332 g/mol. The minimum Gasteiger partial charge on any atom is -0.339 e. The van der Waals surface area contributed by atoms with Crippen LogP contribution in [0.5, 0.6) is 0 Å². The first-order valence-electron chi connectivity index (χ1n) is 6.95. The molecule has 1 N–H and O–H groups in total. The van der Waals surface area contributed by atoms with Gasteiger partial charge in [0.2, 0.25) is 0 Å². The molecule has 1 aromatic heterocycles. The number of nitrogens with zero attached hydrogens (tertiary/aromatic N) is 1. The molecule has 1 aliphatic rings. The molecule has 1 fully saturated rings. The number of aromatic nitrogens is 1. The highest BCUT2D eigenvalue weighted by Gasteiger charge is 2.27. The molecule has 2 aromatic rings. The molecule has 104 valence electrons. The normalized spacial score (nSPS) is 14.3. The van der Waals surface area contributed by atoms with E-state index < -0.39 is 0 Å². The zero-order valence-electron chi connectivity index (χ0n) is 11.4. The Morgan fingerprint density at radius 1 is 1.40 bits per heavy atom. The molecule has 0 spiro atoms. The molecule has 0 bridgehead atoms. The summed E-state index contributed by atoms with van der Waals surface area (Å²) in [5.74, 6) is -0.0384. The summed E-state index contributed by atoms with van der Waals surface area (Å²) >= 11 is 3.46. The number of aryl methyl sites for hydroxylation is 1. The lowest BCUT2D eigenvalue weighted by molar-refractivity contribution is 0.101. The van der Waals surface area contributed by atoms with E-state index in [1.807, 2.05) is 36.5 Å². The number of anilines is 1. The van der Waals surface area contributed by atoms with Crippen molar-refractivity contribution in [1.82, 2.24) is 4.57 Å². The van der Waals surface area contributed by atoms with E-state index >= 15 is 0 Å². The number of rotatable bonds is 4. The molecule has 20 heavy (non-hydrogen) atoms. The highest BCUT2D eigenvalue weighted by molar-refractivity contribution is 9.10. The van der Waals surface area contributed by atoms with E-state index in [-0.39, 0.29) is 5.91 Å². The molecule has 4 heteroatoms. The van der Waals surface area contributed by atoms with Crippen molar-refractivity contribution in [2.75, 3.05) is 5.32 Å². The maximum absolute atomic E-state index is 12.5. The van der Waals surface area contributed by atoms with E-state index in [1.54, 1.807) is 0 Å². The number of carbonyl (C=O) groups is 1. The molecule has 0 unspecified atom stereocenters. The first kappa shape index (κ1) is 13.4. The van der Waals surface area contributed by atoms with Crippen molar-refractivity contribution >= 4 is 27.5 Å². The van der Waals surface area contributed by atoms with Gasteiger partial charge in [0.1, 0.15) is 5.69 Å². The first-order valence-corrected chi connectivity index (χ1v) is 7.75. The Bertz CT molecular complexity index is 644. The number of carbonyl (C=O) groups excluding carboxylic acids is 1. The molecule has 0 saturated heterocycles. The minimum atomic E-state index is -0.0384. The zero-order valence-corrected chi connectivity index (χ0v) is 13.0. The van der Waals surface area contributed by atoms with Crippen LogP contribution in [0.1, 0.15) is 41.9 Å². The summed E-state index contributed by atoms with van der Waals surface area (Å²) in [4.78, 5) is 12.5. The Balaban J connectivity index is 1.86. The predicted octanol–water partition coefficient (Wildman–Crippen LogP) is 4.40. The number of nitrogens with one attached hydrogen (secondary N) is 1. The lowest BCUT2D eigenvalue weighted by atomic mass is 10.1. The number of amides is 1. The maximum atomic E-state index is 12.5. The molecule has 1 aliphatic carbocycles. The average molecular weight is 333 g/mol. The van der Waals surface area contributed by atoms with Gasteiger partial charge in [0.05, 0.1) is 0 Å². The van der Waals surface area contributed by atoms with Crippen molar-refractivity contribution in [2.45, 2.75) is 32.2 Å². The van der Waals surface area contributed by atoms with Crippen LogP contribution in [0, 0.1) is 0 Å². The van der Waals surface area contributed by atoms with Gasteiger partial charge in [-0.05, 0) is 52.9 Å². The topological polar surface area (TPSA) is 34.0 Å². The highest BCUT2D eigenvalue weighted by atomic mass is 79.9. The number of hydrogen-bond donors (Lipinski definition) is 1. The average Bonchev–Trinajstić information content (AvgIpc) is 3.22. The van der Waals surface area contributed by atoms with Gasteiger partial charge in [-0.1, -0.05) is 25.1 Å². The number of benzene rings is 1. The van der Waals surface area contributed by atoms with Gasteiger partial charge in [-0.3, -0.25) is 4.79 Å². The van der Waals surface area contributed by atoms with Gasteiger partial charge in [0, 0.05) is 22.4 Å². The molecule has 1 heterocycles. The summed E-state index contributed by atoms with van der Waals surface area (Å²) in [5, 5.41) is 3.03. The summed E-state index contributed by atoms with van der Waals surface area (Å²) < 4.78 is 3.03. The number of hydrogen-bond acceptors (Lipinski definition) is 1. The van der Waals surface area contributed by atoms with Crippen LogP contribution in [-0.2, 0) is 6.42 Å². The van der Waals surface area contributed by atoms with Crippen LogP contribution in [0.4, 0.5) is 5.69 Å². The zero-order chi connectivity index (χ0) is 14.1. The van der Waals surface area contributed by atoms with E-state index in [2.05, 4.69) is 32.7 Å². The van der Waals surface area contributed by atoms with Gasteiger partial charge in [0.15, 0.2) is 0 Å². The van der Waals surface area contributed by atoms with Gasteiger partial charge >= 0.3 is 0 Å². The van der Waals surface area contributed by atoms with Crippen LogP contribution in [0.15, 0.2) is 41.0 Å². The first-order chi connectivity index (χ1) is 9.69. The van der Waals surface area contributed by atoms with E-state index in [0.717, 1.165) is 40.7 Å². The Labute approximate surface area is 127 Å². The van der Waals surface area contributed by atoms with Gasteiger partial charge in [0.25, 0.3) is 5.91 Å². The van der Waals surface area contributed by atoms with Crippen molar-refractivity contribution in [2.24, 2.45) is 0 Å². The Kier molecular flexibility index (Phi) is 3.66. The third-order valence-electron chi connectivity index (χ3n) is 3.63. The van der Waals surface area contributed by atoms with Gasteiger partial charge in [-0.25, -0.2) is 0 Å². The number of para-hydroxylation sites is 1. The SMILES string of the molecule is CCc1ccccc1NC(=O)c1cc(Br)cn1C1CC1. The number of halogens is 1. The van der Waals surface area contributed by atoms with E-state index in [0.29, 0.717) is 6.04 Å². The predicted molar refractivity (Wildman–Crippen MR) is 84.2 cm³/mol. The van der Waals surface area contributed by atoms with Crippen LogP contribution < -0.4 is 5.32 Å². The van der Waals surface area contributed by atoms with Crippen LogP contribution in [0.3, 0.4) is 0 Å². The lowest BCUT2D eigenvalue weighted by Gasteiger charge is -2.11. The van der Waals surface area contributed by atoms with Gasteiger partial charge in [-0.2, -0.15) is 0 Å². The second-order valence-electron chi connectivity index (χ2n) is 5.15. The highest BCUT2D eigenvalue weighted by Crippen LogP contribution is 2.37. The summed E-state index contributed by atoms with van der Waals surface area (Å²) in [7, 11) is 0. The lowest BCUT2D eigenvalue weighted by Crippen LogP contribution is -2.17. The standard InChI is InChI=1S/C16H17BrN2O/c1-2-11-5-3-4-6-14(11)18-16(20)15-9-12(17)10-19(15)13-7-8-13/h3-6,9-10,13H,2,7-8H2,1H3,(H,18,20). The fourth-order valence-corrected chi connectivity index (χ4v) is 2.86. The molecule has 0 radical (unpaired) electrons. The van der Waals surface area contributed by atoms with Crippen molar-refractivity contribution in [3.05, 3.63) is 52.3 Å². The molecule has 1 amide bonds. The Hall–Kier alpha value is -1.55.